The van der Waals surface area contributed by atoms with Crippen molar-refractivity contribution in [1.29, 1.82) is 0 Å². The van der Waals surface area contributed by atoms with Gasteiger partial charge in [0.25, 0.3) is 0 Å². The summed E-state index contributed by atoms with van der Waals surface area (Å²) < 4.78 is 6.73. The van der Waals surface area contributed by atoms with Crippen molar-refractivity contribution >= 4 is 28.4 Å². The van der Waals surface area contributed by atoms with E-state index in [1.165, 1.54) is 7.11 Å². The molecule has 2 heterocycles. The topological polar surface area (TPSA) is 68.0 Å². The summed E-state index contributed by atoms with van der Waals surface area (Å²) in [5.74, 6) is -1.29. The number of carboxylic acids is 1. The van der Waals surface area contributed by atoms with Gasteiger partial charge in [-0.25, -0.2) is 4.79 Å². The third kappa shape index (κ3) is 2.12. The van der Waals surface area contributed by atoms with Gasteiger partial charge in [0.2, 0.25) is 0 Å². The van der Waals surface area contributed by atoms with Crippen LogP contribution in [0.2, 0.25) is 0 Å². The third-order valence-electron chi connectivity index (χ3n) is 3.45. The lowest BCUT2D eigenvalue weighted by molar-refractivity contribution is -0.136. The highest BCUT2D eigenvalue weighted by Gasteiger charge is 2.18. The Kier molecular flexibility index (Phi) is 3.10. The maximum atomic E-state index is 12.0. The number of pyridine rings is 1. The molecule has 0 radical (unpaired) electrons. The lowest BCUT2D eigenvalue weighted by atomic mass is 10.1. The number of carboxylic acid groups (broad SMARTS) is 1. The van der Waals surface area contributed by atoms with E-state index in [0.717, 1.165) is 16.4 Å². The van der Waals surface area contributed by atoms with Crippen molar-refractivity contribution in [1.82, 2.24) is 4.40 Å². The van der Waals surface area contributed by atoms with Gasteiger partial charge in [0.15, 0.2) is 0 Å². The second-order valence-electron chi connectivity index (χ2n) is 4.74. The Bertz CT molecular complexity index is 863. The lowest BCUT2D eigenvalue weighted by Gasteiger charge is -2.00. The van der Waals surface area contributed by atoms with Crippen molar-refractivity contribution in [3.8, 4) is 0 Å². The molecule has 0 fully saturated rings. The maximum absolute atomic E-state index is 12.0. The maximum Gasteiger partial charge on any atom is 0.340 e. The summed E-state index contributed by atoms with van der Waals surface area (Å²) in [7, 11) is 1.35. The van der Waals surface area contributed by atoms with E-state index in [1.54, 1.807) is 18.2 Å². The van der Waals surface area contributed by atoms with E-state index in [-0.39, 0.29) is 6.42 Å². The van der Waals surface area contributed by atoms with Crippen molar-refractivity contribution in [2.45, 2.75) is 6.42 Å². The molecule has 2 aromatic heterocycles. The van der Waals surface area contributed by atoms with Gasteiger partial charge in [0.1, 0.15) is 0 Å². The second kappa shape index (κ2) is 4.94. The van der Waals surface area contributed by atoms with Crippen LogP contribution in [0, 0.1) is 0 Å². The SMILES string of the molecule is COC(=O)c1c2ccc(CC(=O)O)cc2n2ccccc12. The molecule has 0 atom stereocenters. The first-order valence-electron chi connectivity index (χ1n) is 6.43. The number of methoxy groups -OCH3 is 1. The van der Waals surface area contributed by atoms with E-state index < -0.39 is 11.9 Å². The number of carbonyl (C=O) groups is 2. The molecule has 1 N–H and O–H groups in total. The van der Waals surface area contributed by atoms with Gasteiger partial charge in [-0.2, -0.15) is 0 Å². The quantitative estimate of drug-likeness (QED) is 0.750. The first kappa shape index (κ1) is 13.2. The first-order valence-corrected chi connectivity index (χ1v) is 6.43. The monoisotopic (exact) mass is 283 g/mol. The fourth-order valence-corrected chi connectivity index (χ4v) is 2.58. The molecule has 3 aromatic rings. The number of benzene rings is 1. The lowest BCUT2D eigenvalue weighted by Crippen LogP contribution is -2.01. The fraction of sp³-hybridized carbons (Fsp3) is 0.125. The van der Waals surface area contributed by atoms with Crippen molar-refractivity contribution in [3.63, 3.8) is 0 Å². The summed E-state index contributed by atoms with van der Waals surface area (Å²) in [6.07, 6.45) is 1.79. The number of carbonyl (C=O) groups excluding carboxylic acids is 1. The zero-order chi connectivity index (χ0) is 15.0. The molecule has 0 unspecified atom stereocenters. The molecule has 106 valence electrons. The highest BCUT2D eigenvalue weighted by molar-refractivity contribution is 6.11. The highest BCUT2D eigenvalue weighted by Crippen LogP contribution is 2.28. The summed E-state index contributed by atoms with van der Waals surface area (Å²) in [6, 6.07) is 10.8. The Morgan fingerprint density at radius 2 is 2.00 bits per heavy atom. The number of nitrogens with zero attached hydrogens (tertiary/aromatic N) is 1. The van der Waals surface area contributed by atoms with Crippen molar-refractivity contribution in [2.75, 3.05) is 7.11 Å². The Balaban J connectivity index is 2.35. The van der Waals surface area contributed by atoms with Crippen LogP contribution in [0.4, 0.5) is 0 Å². The molecular weight excluding hydrogens is 270 g/mol. The molecule has 0 spiro atoms. The fourth-order valence-electron chi connectivity index (χ4n) is 2.58. The summed E-state index contributed by atoms with van der Waals surface area (Å²) >= 11 is 0. The first-order chi connectivity index (χ1) is 10.1. The van der Waals surface area contributed by atoms with Gasteiger partial charge in [-0.3, -0.25) is 4.79 Å². The minimum absolute atomic E-state index is 0.0520. The minimum Gasteiger partial charge on any atom is -0.481 e. The number of hydrogen-bond donors (Lipinski definition) is 1. The molecule has 0 amide bonds. The normalized spacial score (nSPS) is 10.9. The molecule has 0 aliphatic carbocycles. The van der Waals surface area contributed by atoms with Crippen LogP contribution in [0.15, 0.2) is 42.6 Å². The Hall–Kier alpha value is -2.82. The zero-order valence-corrected chi connectivity index (χ0v) is 11.4. The molecule has 0 saturated heterocycles. The molecule has 3 rings (SSSR count). The van der Waals surface area contributed by atoms with Crippen molar-refractivity contribution in [2.24, 2.45) is 0 Å². The number of hydrogen-bond acceptors (Lipinski definition) is 3. The van der Waals surface area contributed by atoms with E-state index >= 15 is 0 Å². The van der Waals surface area contributed by atoms with Gasteiger partial charge in [-0.05, 0) is 23.8 Å². The van der Waals surface area contributed by atoms with Crippen molar-refractivity contribution in [3.05, 3.63) is 53.7 Å². The van der Waals surface area contributed by atoms with Crippen LogP contribution in [0.5, 0.6) is 0 Å². The van der Waals surface area contributed by atoms with Gasteiger partial charge in [-0.1, -0.05) is 18.2 Å². The van der Waals surface area contributed by atoms with Crippen molar-refractivity contribution < 1.29 is 19.4 Å². The average Bonchev–Trinajstić information content (AvgIpc) is 2.80. The summed E-state index contributed by atoms with van der Waals surface area (Å²) in [6.45, 7) is 0. The van der Waals surface area contributed by atoms with E-state index in [2.05, 4.69) is 0 Å². The van der Waals surface area contributed by atoms with E-state index in [9.17, 15) is 9.59 Å². The predicted octanol–water partition coefficient (Wildman–Crippen LogP) is 2.51. The molecule has 0 bridgehead atoms. The number of aromatic nitrogens is 1. The molecule has 1 aromatic carbocycles. The number of fused-ring (bicyclic) bond motifs is 3. The summed E-state index contributed by atoms with van der Waals surface area (Å²) in [5, 5.41) is 9.65. The number of ether oxygens (including phenoxy) is 1. The average molecular weight is 283 g/mol. The molecular formula is C16H13NO4. The Morgan fingerprint density at radius 3 is 2.71 bits per heavy atom. The summed E-state index contributed by atoms with van der Waals surface area (Å²) in [4.78, 5) is 22.9. The van der Waals surface area contributed by atoms with Crippen LogP contribution in [0.25, 0.3) is 16.4 Å². The van der Waals surface area contributed by atoms with Crippen LogP contribution in [0.1, 0.15) is 15.9 Å². The second-order valence-corrected chi connectivity index (χ2v) is 4.74. The molecule has 0 aliphatic heterocycles. The van der Waals surface area contributed by atoms with Gasteiger partial charge in [0.05, 0.1) is 30.1 Å². The van der Waals surface area contributed by atoms with Crippen LogP contribution in [0.3, 0.4) is 0 Å². The molecule has 5 nitrogen and oxygen atoms in total. The smallest absolute Gasteiger partial charge is 0.340 e. The van der Waals surface area contributed by atoms with E-state index in [4.69, 9.17) is 9.84 Å². The zero-order valence-electron chi connectivity index (χ0n) is 11.4. The Labute approximate surface area is 120 Å². The largest absolute Gasteiger partial charge is 0.481 e. The standard InChI is InChI=1S/C16H13NO4/c1-21-16(20)15-11-6-5-10(9-14(18)19)8-13(11)17-7-3-2-4-12(15)17/h2-8H,9H2,1H3,(H,18,19). The number of rotatable bonds is 3. The molecule has 0 saturated carbocycles. The predicted molar refractivity (Wildman–Crippen MR) is 77.6 cm³/mol. The molecule has 0 aliphatic rings. The van der Waals surface area contributed by atoms with E-state index in [1.807, 2.05) is 28.8 Å². The minimum atomic E-state index is -0.886. The summed E-state index contributed by atoms with van der Waals surface area (Å²) in [5.41, 5.74) is 2.72. The van der Waals surface area contributed by atoms with Crippen LogP contribution in [-0.4, -0.2) is 28.6 Å². The highest BCUT2D eigenvalue weighted by atomic mass is 16.5. The van der Waals surface area contributed by atoms with Crippen LogP contribution in [-0.2, 0) is 16.0 Å². The molecule has 5 heteroatoms. The molecule has 21 heavy (non-hydrogen) atoms. The number of esters is 1. The van der Waals surface area contributed by atoms with Crippen LogP contribution < -0.4 is 0 Å². The third-order valence-corrected chi connectivity index (χ3v) is 3.45. The number of aliphatic carboxylic acids is 1. The van der Waals surface area contributed by atoms with Gasteiger partial charge in [-0.15, -0.1) is 0 Å². The van der Waals surface area contributed by atoms with Crippen LogP contribution >= 0.6 is 0 Å². The van der Waals surface area contributed by atoms with Gasteiger partial charge < -0.3 is 14.2 Å². The van der Waals surface area contributed by atoms with Gasteiger partial charge >= 0.3 is 11.9 Å². The Morgan fingerprint density at radius 1 is 1.19 bits per heavy atom. The van der Waals surface area contributed by atoms with E-state index in [0.29, 0.717) is 11.1 Å². The van der Waals surface area contributed by atoms with Gasteiger partial charge in [0, 0.05) is 11.6 Å².